The van der Waals surface area contributed by atoms with E-state index in [0.717, 1.165) is 24.5 Å². The lowest BCUT2D eigenvalue weighted by molar-refractivity contribution is -0.138. The monoisotopic (exact) mass is 408 g/mol. The molecule has 162 valence electrons. The third-order valence-electron chi connectivity index (χ3n) is 7.09. The van der Waals surface area contributed by atoms with Gasteiger partial charge in [-0.2, -0.15) is 0 Å². The minimum atomic E-state index is -0.446. The Labute approximate surface area is 180 Å². The van der Waals surface area contributed by atoms with Gasteiger partial charge < -0.3 is 15.2 Å². The molecule has 5 nitrogen and oxygen atoms in total. The van der Waals surface area contributed by atoms with Crippen LogP contribution >= 0.6 is 0 Å². The lowest BCUT2D eigenvalue weighted by Crippen LogP contribution is -2.52. The number of carbonyl (C=O) groups excluding carboxylic acids is 1. The van der Waals surface area contributed by atoms with Crippen molar-refractivity contribution >= 4 is 5.91 Å². The van der Waals surface area contributed by atoms with Crippen LogP contribution in [-0.4, -0.2) is 32.9 Å². The molecule has 4 rings (SSSR count). The molecule has 2 aromatic rings. The van der Waals surface area contributed by atoms with E-state index in [9.17, 15) is 4.79 Å². The maximum atomic E-state index is 13.2. The highest BCUT2D eigenvalue weighted by Crippen LogP contribution is 2.35. The summed E-state index contributed by atoms with van der Waals surface area (Å²) < 4.78 is 2.25. The topological polar surface area (TPSA) is 64.2 Å². The number of hydrogen-bond donors (Lipinski definition) is 1. The number of benzene rings is 1. The van der Waals surface area contributed by atoms with E-state index in [4.69, 9.17) is 10.7 Å². The Balaban J connectivity index is 1.65. The molecule has 1 amide bonds. The number of aryl methyl sites for hydroxylation is 2. The zero-order chi connectivity index (χ0) is 21.4. The summed E-state index contributed by atoms with van der Waals surface area (Å²) in [4.78, 5) is 20.3. The average molecular weight is 409 g/mol. The summed E-state index contributed by atoms with van der Waals surface area (Å²) >= 11 is 0. The van der Waals surface area contributed by atoms with Crippen LogP contribution in [0.5, 0.6) is 0 Å². The molecule has 1 aliphatic carbocycles. The Kier molecular flexibility index (Phi) is 6.01. The first-order valence-electron chi connectivity index (χ1n) is 11.7. The van der Waals surface area contributed by atoms with Crippen LogP contribution < -0.4 is 5.73 Å². The first-order valence-corrected chi connectivity index (χ1v) is 11.7. The summed E-state index contributed by atoms with van der Waals surface area (Å²) in [5.74, 6) is 1.51. The van der Waals surface area contributed by atoms with Crippen LogP contribution in [0.15, 0.2) is 24.4 Å². The van der Waals surface area contributed by atoms with Crippen LogP contribution in [0.4, 0.5) is 0 Å². The molecule has 2 aliphatic rings. The Morgan fingerprint density at radius 2 is 1.90 bits per heavy atom. The quantitative estimate of drug-likeness (QED) is 0.800. The average Bonchev–Trinajstić information content (AvgIpc) is 3.20. The van der Waals surface area contributed by atoms with E-state index < -0.39 is 6.04 Å². The van der Waals surface area contributed by atoms with Crippen LogP contribution in [0, 0.1) is 11.8 Å². The van der Waals surface area contributed by atoms with Crippen LogP contribution in [0.3, 0.4) is 0 Å². The Hall–Kier alpha value is -2.14. The second-order valence-corrected chi connectivity index (χ2v) is 9.50. The van der Waals surface area contributed by atoms with Crippen molar-refractivity contribution in [2.24, 2.45) is 17.6 Å². The first-order chi connectivity index (χ1) is 14.4. The van der Waals surface area contributed by atoms with Crippen molar-refractivity contribution in [2.45, 2.75) is 78.4 Å². The second kappa shape index (κ2) is 8.54. The predicted octanol–water partition coefficient (Wildman–Crippen LogP) is 4.34. The van der Waals surface area contributed by atoms with Gasteiger partial charge in [-0.05, 0) is 54.7 Å². The molecule has 0 unspecified atom stereocenters. The summed E-state index contributed by atoms with van der Waals surface area (Å²) in [6.45, 7) is 9.96. The molecule has 0 saturated carbocycles. The van der Waals surface area contributed by atoms with E-state index >= 15 is 0 Å². The number of nitrogens with two attached hydrogens (primary N) is 1. The molecule has 0 radical (unpaired) electrons. The fourth-order valence-corrected chi connectivity index (χ4v) is 4.97. The first kappa shape index (κ1) is 21.1. The molecule has 0 spiro atoms. The van der Waals surface area contributed by atoms with E-state index in [1.807, 2.05) is 4.90 Å². The molecule has 1 aromatic carbocycles. The molecular formula is C25H36N4O. The number of aromatic nitrogens is 2. The molecule has 3 atom stereocenters. The number of amides is 1. The lowest BCUT2D eigenvalue weighted by Gasteiger charge is -2.40. The van der Waals surface area contributed by atoms with E-state index in [1.54, 1.807) is 0 Å². The highest BCUT2D eigenvalue weighted by Gasteiger charge is 2.37. The van der Waals surface area contributed by atoms with Gasteiger partial charge in [0.1, 0.15) is 5.82 Å². The molecule has 2 N–H and O–H groups in total. The number of fused-ring (bicyclic) bond motifs is 2. The van der Waals surface area contributed by atoms with Crippen molar-refractivity contribution in [3.63, 3.8) is 0 Å². The summed E-state index contributed by atoms with van der Waals surface area (Å²) in [5.41, 5.74) is 11.5. The maximum absolute atomic E-state index is 13.2. The van der Waals surface area contributed by atoms with E-state index in [0.29, 0.717) is 6.54 Å². The van der Waals surface area contributed by atoms with Crippen molar-refractivity contribution in [1.82, 2.24) is 14.5 Å². The summed E-state index contributed by atoms with van der Waals surface area (Å²) in [7, 11) is 0. The predicted molar refractivity (Wildman–Crippen MR) is 121 cm³/mol. The molecular weight excluding hydrogens is 372 g/mol. The summed E-state index contributed by atoms with van der Waals surface area (Å²) in [6.07, 6.45) is 8.01. The Bertz CT molecular complexity index is 916. The highest BCUT2D eigenvalue weighted by atomic mass is 16.2. The van der Waals surface area contributed by atoms with Gasteiger partial charge in [0.2, 0.25) is 5.91 Å². The minimum Gasteiger partial charge on any atom is -0.331 e. The van der Waals surface area contributed by atoms with Crippen molar-refractivity contribution < 1.29 is 4.79 Å². The van der Waals surface area contributed by atoms with Gasteiger partial charge in [0.25, 0.3) is 0 Å². The van der Waals surface area contributed by atoms with Gasteiger partial charge in [-0.25, -0.2) is 4.98 Å². The van der Waals surface area contributed by atoms with Gasteiger partial charge in [0.15, 0.2) is 0 Å². The Morgan fingerprint density at radius 3 is 2.60 bits per heavy atom. The molecule has 5 heteroatoms. The number of imidazole rings is 1. The van der Waals surface area contributed by atoms with Gasteiger partial charge in [-0.15, -0.1) is 0 Å². The van der Waals surface area contributed by atoms with Gasteiger partial charge >= 0.3 is 0 Å². The number of nitrogens with zero attached hydrogens (tertiary/aromatic N) is 3. The Morgan fingerprint density at radius 1 is 1.17 bits per heavy atom. The van der Waals surface area contributed by atoms with Crippen LogP contribution in [0.1, 0.15) is 70.0 Å². The van der Waals surface area contributed by atoms with Crippen LogP contribution in [0.25, 0.3) is 11.3 Å². The zero-order valence-corrected chi connectivity index (χ0v) is 18.9. The largest absolute Gasteiger partial charge is 0.331 e. The fourth-order valence-electron chi connectivity index (χ4n) is 4.97. The maximum Gasteiger partial charge on any atom is 0.240 e. The SMILES string of the molecule is CC[C@H](C)[C@H](N)C(=O)N1CCn2cc(-c3ccc4c(c3)CCCC4)nc2[C@H]1C(C)C. The van der Waals surface area contributed by atoms with Crippen molar-refractivity contribution in [1.29, 1.82) is 0 Å². The number of carbonyl (C=O) groups is 1. The van der Waals surface area contributed by atoms with Gasteiger partial charge in [-0.3, -0.25) is 4.79 Å². The van der Waals surface area contributed by atoms with Gasteiger partial charge in [-0.1, -0.05) is 46.2 Å². The number of rotatable bonds is 5. The third-order valence-corrected chi connectivity index (χ3v) is 7.09. The normalized spacial score (nSPS) is 20.6. The summed E-state index contributed by atoms with van der Waals surface area (Å²) in [5, 5.41) is 0. The van der Waals surface area contributed by atoms with E-state index in [2.05, 4.69) is 56.7 Å². The van der Waals surface area contributed by atoms with Crippen LogP contribution in [-0.2, 0) is 24.2 Å². The van der Waals surface area contributed by atoms with E-state index in [-0.39, 0.29) is 23.8 Å². The van der Waals surface area contributed by atoms with Gasteiger partial charge in [0.05, 0.1) is 17.8 Å². The molecule has 1 aliphatic heterocycles. The van der Waals surface area contributed by atoms with Crippen molar-refractivity contribution in [3.8, 4) is 11.3 Å². The van der Waals surface area contributed by atoms with Crippen molar-refractivity contribution in [2.75, 3.05) is 6.54 Å². The second-order valence-electron chi connectivity index (χ2n) is 9.50. The standard InChI is InChI=1S/C25H36N4O/c1-5-17(4)22(26)25(30)29-13-12-28-15-21(27-24(28)23(29)16(2)3)20-11-10-18-8-6-7-9-19(18)14-20/h10-11,14-17,22-23H,5-9,12-13,26H2,1-4H3/t17-,22-,23+/m0/s1. The lowest BCUT2D eigenvalue weighted by atomic mass is 9.90. The minimum absolute atomic E-state index is 0.0345. The molecule has 1 aromatic heterocycles. The van der Waals surface area contributed by atoms with Gasteiger partial charge in [0, 0.05) is 24.8 Å². The van der Waals surface area contributed by atoms with E-state index in [1.165, 1.54) is 42.4 Å². The molecule has 0 fully saturated rings. The molecule has 0 bridgehead atoms. The fraction of sp³-hybridized carbons (Fsp3) is 0.600. The zero-order valence-electron chi connectivity index (χ0n) is 18.9. The smallest absolute Gasteiger partial charge is 0.240 e. The number of hydrogen-bond acceptors (Lipinski definition) is 3. The molecule has 2 heterocycles. The summed E-state index contributed by atoms with van der Waals surface area (Å²) in [6, 6.07) is 6.34. The highest BCUT2D eigenvalue weighted by molar-refractivity contribution is 5.82. The van der Waals surface area contributed by atoms with Crippen LogP contribution in [0.2, 0.25) is 0 Å². The molecule has 30 heavy (non-hydrogen) atoms. The third kappa shape index (κ3) is 3.80. The van der Waals surface area contributed by atoms with Crippen molar-refractivity contribution in [3.05, 3.63) is 41.3 Å². The molecule has 0 saturated heterocycles.